The van der Waals surface area contributed by atoms with E-state index in [1.807, 2.05) is 19.1 Å². The van der Waals surface area contributed by atoms with Gasteiger partial charge in [-0.3, -0.25) is 9.88 Å². The number of hydrogen-bond donors (Lipinski definition) is 1. The van der Waals surface area contributed by atoms with Gasteiger partial charge < -0.3 is 9.84 Å². The fourth-order valence-electron chi connectivity index (χ4n) is 2.76. The maximum Gasteiger partial charge on any atom is 0.122 e. The summed E-state index contributed by atoms with van der Waals surface area (Å²) in [6.45, 7) is 4.06. The van der Waals surface area contributed by atoms with Gasteiger partial charge in [-0.25, -0.2) is 0 Å². The van der Waals surface area contributed by atoms with Crippen LogP contribution in [0, 0.1) is 6.92 Å². The number of aromatic nitrogens is 1. The molecule has 1 atom stereocenters. The summed E-state index contributed by atoms with van der Waals surface area (Å²) in [6.07, 6.45) is 4.77. The van der Waals surface area contributed by atoms with Gasteiger partial charge in [0, 0.05) is 30.4 Å². The van der Waals surface area contributed by atoms with E-state index in [4.69, 9.17) is 4.74 Å². The van der Waals surface area contributed by atoms with Gasteiger partial charge in [-0.2, -0.15) is 0 Å². The van der Waals surface area contributed by atoms with Gasteiger partial charge in [0.25, 0.3) is 0 Å². The Morgan fingerprint density at radius 2 is 2.21 bits per heavy atom. The van der Waals surface area contributed by atoms with Gasteiger partial charge in [0.15, 0.2) is 0 Å². The number of rotatable bonds is 4. The molecule has 1 unspecified atom stereocenters. The van der Waals surface area contributed by atoms with E-state index in [2.05, 4.69) is 9.88 Å². The van der Waals surface area contributed by atoms with Gasteiger partial charge in [-0.1, -0.05) is 12.8 Å². The first-order valence-electron chi connectivity index (χ1n) is 7.09. The summed E-state index contributed by atoms with van der Waals surface area (Å²) < 4.78 is 5.29. The van der Waals surface area contributed by atoms with Crippen LogP contribution in [0.4, 0.5) is 0 Å². The maximum atomic E-state index is 9.53. The molecule has 0 aliphatic carbocycles. The molecule has 1 N–H and O–H groups in total. The minimum absolute atomic E-state index is 0.239. The van der Waals surface area contributed by atoms with Gasteiger partial charge in [0.1, 0.15) is 5.75 Å². The molecule has 1 fully saturated rings. The zero-order valence-corrected chi connectivity index (χ0v) is 11.9. The Kier molecular flexibility index (Phi) is 5.16. The van der Waals surface area contributed by atoms with E-state index < -0.39 is 0 Å². The topological polar surface area (TPSA) is 45.6 Å². The lowest BCUT2D eigenvalue weighted by molar-refractivity contribution is 0.117. The molecule has 4 heteroatoms. The number of aliphatic hydroxyl groups excluding tert-OH is 1. The fourth-order valence-corrected chi connectivity index (χ4v) is 2.76. The van der Waals surface area contributed by atoms with Gasteiger partial charge in [-0.05, 0) is 26.3 Å². The molecule has 0 bridgehead atoms. The number of hydrogen-bond acceptors (Lipinski definition) is 4. The summed E-state index contributed by atoms with van der Waals surface area (Å²) >= 11 is 0. The first kappa shape index (κ1) is 14.3. The number of aliphatic hydroxyl groups is 1. The molecule has 0 amide bonds. The van der Waals surface area contributed by atoms with Crippen molar-refractivity contribution in [1.82, 2.24) is 9.88 Å². The molecule has 1 aliphatic rings. The molecular weight excluding hydrogens is 240 g/mol. The SMILES string of the molecule is COc1cc(C)nc(CN2CCCCCC2CO)c1. The zero-order chi connectivity index (χ0) is 13.7. The van der Waals surface area contributed by atoms with Crippen LogP contribution < -0.4 is 4.74 Å². The van der Waals surface area contributed by atoms with Crippen molar-refractivity contribution in [2.24, 2.45) is 0 Å². The third kappa shape index (κ3) is 3.91. The average molecular weight is 264 g/mol. The van der Waals surface area contributed by atoms with E-state index in [1.54, 1.807) is 7.11 Å². The van der Waals surface area contributed by atoms with Crippen molar-refractivity contribution in [1.29, 1.82) is 0 Å². The predicted octanol–water partition coefficient (Wildman–Crippen LogP) is 2.14. The van der Waals surface area contributed by atoms with Crippen LogP contribution in [0.2, 0.25) is 0 Å². The standard InChI is InChI=1S/C15H24N2O2/c1-12-8-15(19-2)9-13(16-12)10-17-7-5-3-4-6-14(17)11-18/h8-9,14,18H,3-7,10-11H2,1-2H3. The monoisotopic (exact) mass is 264 g/mol. The molecule has 106 valence electrons. The van der Waals surface area contributed by atoms with Crippen LogP contribution in [0.3, 0.4) is 0 Å². The molecule has 0 saturated carbocycles. The second kappa shape index (κ2) is 6.87. The Balaban J connectivity index is 2.11. The van der Waals surface area contributed by atoms with Gasteiger partial charge in [0.05, 0.1) is 19.4 Å². The van der Waals surface area contributed by atoms with Crippen molar-refractivity contribution in [3.63, 3.8) is 0 Å². The second-order valence-electron chi connectivity index (χ2n) is 5.30. The first-order chi connectivity index (χ1) is 9.22. The summed E-state index contributed by atoms with van der Waals surface area (Å²) in [6, 6.07) is 4.21. The number of nitrogens with zero attached hydrogens (tertiary/aromatic N) is 2. The number of pyridine rings is 1. The fraction of sp³-hybridized carbons (Fsp3) is 0.667. The molecule has 1 aliphatic heterocycles. The molecule has 0 radical (unpaired) electrons. The smallest absolute Gasteiger partial charge is 0.122 e. The highest BCUT2D eigenvalue weighted by Gasteiger charge is 2.20. The summed E-state index contributed by atoms with van der Waals surface area (Å²) in [4.78, 5) is 6.93. The van der Waals surface area contributed by atoms with Crippen molar-refractivity contribution in [2.75, 3.05) is 20.3 Å². The van der Waals surface area contributed by atoms with E-state index in [-0.39, 0.29) is 12.6 Å². The van der Waals surface area contributed by atoms with Crippen molar-refractivity contribution in [3.8, 4) is 5.75 Å². The minimum Gasteiger partial charge on any atom is -0.497 e. The number of ether oxygens (including phenoxy) is 1. The minimum atomic E-state index is 0.239. The van der Waals surface area contributed by atoms with Crippen LogP contribution in [-0.4, -0.2) is 41.3 Å². The van der Waals surface area contributed by atoms with E-state index in [0.29, 0.717) is 0 Å². The molecule has 4 nitrogen and oxygen atoms in total. The highest BCUT2D eigenvalue weighted by Crippen LogP contribution is 2.20. The lowest BCUT2D eigenvalue weighted by atomic mass is 10.1. The van der Waals surface area contributed by atoms with Gasteiger partial charge in [0.2, 0.25) is 0 Å². The summed E-state index contributed by atoms with van der Waals surface area (Å²) in [5.74, 6) is 0.859. The van der Waals surface area contributed by atoms with Crippen molar-refractivity contribution in [3.05, 3.63) is 23.5 Å². The summed E-state index contributed by atoms with van der Waals surface area (Å²) in [7, 11) is 1.68. The Morgan fingerprint density at radius 3 is 2.95 bits per heavy atom. The maximum absolute atomic E-state index is 9.53. The molecule has 1 saturated heterocycles. The second-order valence-corrected chi connectivity index (χ2v) is 5.30. The van der Waals surface area contributed by atoms with Crippen LogP contribution in [0.25, 0.3) is 0 Å². The van der Waals surface area contributed by atoms with Crippen molar-refractivity contribution < 1.29 is 9.84 Å². The Bertz CT molecular complexity index is 409. The first-order valence-corrected chi connectivity index (χ1v) is 7.09. The molecule has 1 aromatic heterocycles. The summed E-state index contributed by atoms with van der Waals surface area (Å²) in [5, 5.41) is 9.53. The zero-order valence-electron chi connectivity index (χ0n) is 11.9. The lowest BCUT2D eigenvalue weighted by Gasteiger charge is -2.28. The van der Waals surface area contributed by atoms with E-state index in [9.17, 15) is 5.11 Å². The molecule has 19 heavy (non-hydrogen) atoms. The Labute approximate surface area is 115 Å². The lowest BCUT2D eigenvalue weighted by Crippen LogP contribution is -2.37. The molecule has 0 spiro atoms. The normalized spacial score (nSPS) is 21.1. The van der Waals surface area contributed by atoms with E-state index in [0.717, 1.165) is 36.6 Å². The number of methoxy groups -OCH3 is 1. The molecule has 0 aromatic carbocycles. The highest BCUT2D eigenvalue weighted by molar-refractivity contribution is 5.26. The van der Waals surface area contributed by atoms with Crippen LogP contribution in [0.1, 0.15) is 37.1 Å². The number of aryl methyl sites for hydroxylation is 1. The Morgan fingerprint density at radius 1 is 1.37 bits per heavy atom. The average Bonchev–Trinajstić information content (AvgIpc) is 2.63. The molecule has 2 rings (SSSR count). The number of likely N-dealkylation sites (tertiary alicyclic amines) is 1. The summed E-state index contributed by atoms with van der Waals surface area (Å²) in [5.41, 5.74) is 2.00. The van der Waals surface area contributed by atoms with Gasteiger partial charge >= 0.3 is 0 Å². The van der Waals surface area contributed by atoms with E-state index in [1.165, 1.54) is 19.3 Å². The highest BCUT2D eigenvalue weighted by atomic mass is 16.5. The van der Waals surface area contributed by atoms with Crippen LogP contribution in [0.5, 0.6) is 5.75 Å². The van der Waals surface area contributed by atoms with Crippen molar-refractivity contribution in [2.45, 2.75) is 45.2 Å². The third-order valence-corrected chi connectivity index (χ3v) is 3.79. The molecule has 1 aromatic rings. The third-order valence-electron chi connectivity index (χ3n) is 3.79. The van der Waals surface area contributed by atoms with Crippen LogP contribution in [-0.2, 0) is 6.54 Å². The molecular formula is C15H24N2O2. The van der Waals surface area contributed by atoms with E-state index >= 15 is 0 Å². The van der Waals surface area contributed by atoms with Crippen LogP contribution in [0.15, 0.2) is 12.1 Å². The Hall–Kier alpha value is -1.13. The quantitative estimate of drug-likeness (QED) is 0.905. The molecule has 2 heterocycles. The largest absolute Gasteiger partial charge is 0.497 e. The van der Waals surface area contributed by atoms with Gasteiger partial charge in [-0.15, -0.1) is 0 Å². The van der Waals surface area contributed by atoms with Crippen LogP contribution >= 0.6 is 0 Å². The predicted molar refractivity (Wildman–Crippen MR) is 75.3 cm³/mol. The van der Waals surface area contributed by atoms with Crippen molar-refractivity contribution >= 4 is 0 Å².